The molecule has 1 heterocycles. The van der Waals surface area contributed by atoms with Crippen LogP contribution in [0.25, 0.3) is 16.6 Å². The van der Waals surface area contributed by atoms with Crippen molar-refractivity contribution in [2.75, 3.05) is 11.6 Å². The van der Waals surface area contributed by atoms with Gasteiger partial charge in [-0.3, -0.25) is 14.2 Å². The van der Waals surface area contributed by atoms with Gasteiger partial charge in [0.05, 0.1) is 21.5 Å². The molecule has 0 unspecified atom stereocenters. The summed E-state index contributed by atoms with van der Waals surface area (Å²) in [4.78, 5) is 30.1. The van der Waals surface area contributed by atoms with Crippen LogP contribution in [-0.4, -0.2) is 30.1 Å². The predicted molar refractivity (Wildman–Crippen MR) is 120 cm³/mol. The van der Waals surface area contributed by atoms with Crippen LogP contribution in [0, 0.1) is 6.92 Å². The minimum absolute atomic E-state index is 0.124. The monoisotopic (exact) mass is 433 g/mol. The quantitative estimate of drug-likeness (QED) is 0.532. The SMILES string of the molecule is Cc1nc2ccccc2c(=O)n1-c1ccc(C(=O)Nc2cccc(S(C)(=O)=O)c2)cc1. The summed E-state index contributed by atoms with van der Waals surface area (Å²) in [6.45, 7) is 1.75. The van der Waals surface area contributed by atoms with Crippen LogP contribution in [0.5, 0.6) is 0 Å². The van der Waals surface area contributed by atoms with Gasteiger partial charge < -0.3 is 5.32 Å². The minimum Gasteiger partial charge on any atom is -0.322 e. The van der Waals surface area contributed by atoms with Crippen LogP contribution in [0.1, 0.15) is 16.2 Å². The van der Waals surface area contributed by atoms with E-state index in [9.17, 15) is 18.0 Å². The second kappa shape index (κ2) is 7.81. The normalized spacial score (nSPS) is 11.4. The van der Waals surface area contributed by atoms with E-state index in [0.717, 1.165) is 6.26 Å². The number of hydrogen-bond acceptors (Lipinski definition) is 5. The molecule has 3 aromatic carbocycles. The van der Waals surface area contributed by atoms with E-state index in [1.54, 1.807) is 61.5 Å². The highest BCUT2D eigenvalue weighted by Gasteiger charge is 2.13. The molecular weight excluding hydrogens is 414 g/mol. The zero-order valence-electron chi connectivity index (χ0n) is 16.9. The number of carbonyl (C=O) groups excluding carboxylic acids is 1. The van der Waals surface area contributed by atoms with Gasteiger partial charge in [0.2, 0.25) is 0 Å². The summed E-state index contributed by atoms with van der Waals surface area (Å²) < 4.78 is 24.9. The van der Waals surface area contributed by atoms with E-state index in [0.29, 0.717) is 33.7 Å². The molecule has 1 amide bonds. The third-order valence-electron chi connectivity index (χ3n) is 4.85. The first kappa shape index (κ1) is 20.5. The van der Waals surface area contributed by atoms with Gasteiger partial charge in [-0.05, 0) is 61.5 Å². The molecule has 0 aliphatic carbocycles. The Kier molecular flexibility index (Phi) is 5.16. The molecule has 0 radical (unpaired) electrons. The van der Waals surface area contributed by atoms with Crippen LogP contribution < -0.4 is 10.9 Å². The fourth-order valence-electron chi connectivity index (χ4n) is 3.32. The molecule has 0 aliphatic heterocycles. The Labute approximate surface area is 178 Å². The molecular formula is C23H19N3O4S. The topological polar surface area (TPSA) is 98.1 Å². The number of amides is 1. The number of hydrogen-bond donors (Lipinski definition) is 1. The molecule has 31 heavy (non-hydrogen) atoms. The molecule has 0 saturated carbocycles. The molecule has 1 N–H and O–H groups in total. The Morgan fingerprint density at radius 1 is 0.968 bits per heavy atom. The van der Waals surface area contributed by atoms with Crippen LogP contribution >= 0.6 is 0 Å². The zero-order valence-corrected chi connectivity index (χ0v) is 17.7. The molecule has 0 aliphatic rings. The summed E-state index contributed by atoms with van der Waals surface area (Å²) in [6, 6.07) is 19.8. The maximum atomic E-state index is 12.9. The summed E-state index contributed by atoms with van der Waals surface area (Å²) >= 11 is 0. The van der Waals surface area contributed by atoms with Crippen molar-refractivity contribution in [1.82, 2.24) is 9.55 Å². The van der Waals surface area contributed by atoms with Crippen LogP contribution in [0.15, 0.2) is 82.5 Å². The lowest BCUT2D eigenvalue weighted by molar-refractivity contribution is 0.102. The lowest BCUT2D eigenvalue weighted by Crippen LogP contribution is -2.22. The Morgan fingerprint density at radius 2 is 1.68 bits per heavy atom. The van der Waals surface area contributed by atoms with Crippen LogP contribution in [0.3, 0.4) is 0 Å². The van der Waals surface area contributed by atoms with Gasteiger partial charge in [-0.1, -0.05) is 18.2 Å². The second-order valence-corrected chi connectivity index (χ2v) is 9.13. The molecule has 156 valence electrons. The van der Waals surface area contributed by atoms with E-state index in [-0.39, 0.29) is 10.5 Å². The van der Waals surface area contributed by atoms with Gasteiger partial charge in [0.1, 0.15) is 5.82 Å². The number of fused-ring (bicyclic) bond motifs is 1. The van der Waals surface area contributed by atoms with E-state index < -0.39 is 15.7 Å². The number of nitrogens with one attached hydrogen (secondary N) is 1. The number of aryl methyl sites for hydroxylation is 1. The highest BCUT2D eigenvalue weighted by atomic mass is 32.2. The van der Waals surface area contributed by atoms with E-state index in [1.165, 1.54) is 16.7 Å². The number of benzene rings is 3. The summed E-state index contributed by atoms with van der Waals surface area (Å²) in [6.07, 6.45) is 1.11. The number of para-hydroxylation sites is 1. The van der Waals surface area contributed by atoms with Crippen LogP contribution in [0.4, 0.5) is 5.69 Å². The number of sulfone groups is 1. The van der Waals surface area contributed by atoms with E-state index in [1.807, 2.05) is 6.07 Å². The van der Waals surface area contributed by atoms with E-state index in [4.69, 9.17) is 0 Å². The maximum Gasteiger partial charge on any atom is 0.265 e. The number of aromatic nitrogens is 2. The molecule has 1 aromatic heterocycles. The molecule has 7 nitrogen and oxygen atoms in total. The number of rotatable bonds is 4. The molecule has 0 spiro atoms. The van der Waals surface area contributed by atoms with E-state index in [2.05, 4.69) is 10.3 Å². The number of anilines is 1. The molecule has 0 saturated heterocycles. The predicted octanol–water partition coefficient (Wildman–Crippen LogP) is 3.35. The van der Waals surface area contributed by atoms with Crippen molar-refractivity contribution in [2.45, 2.75) is 11.8 Å². The van der Waals surface area contributed by atoms with Gasteiger partial charge in [-0.25, -0.2) is 13.4 Å². The summed E-state index contributed by atoms with van der Waals surface area (Å²) in [5.74, 6) is 0.149. The van der Waals surface area contributed by atoms with Gasteiger partial charge in [0, 0.05) is 17.5 Å². The van der Waals surface area contributed by atoms with E-state index >= 15 is 0 Å². The van der Waals surface area contributed by atoms with Crippen molar-refractivity contribution in [3.63, 3.8) is 0 Å². The fraction of sp³-hybridized carbons (Fsp3) is 0.0870. The Balaban J connectivity index is 1.63. The number of carbonyl (C=O) groups is 1. The van der Waals surface area contributed by atoms with Crippen LogP contribution in [-0.2, 0) is 9.84 Å². The van der Waals surface area contributed by atoms with Crippen molar-refractivity contribution in [3.8, 4) is 5.69 Å². The largest absolute Gasteiger partial charge is 0.322 e. The highest BCUT2D eigenvalue weighted by Crippen LogP contribution is 2.17. The summed E-state index contributed by atoms with van der Waals surface area (Å²) in [5, 5.41) is 3.21. The smallest absolute Gasteiger partial charge is 0.265 e. The summed E-state index contributed by atoms with van der Waals surface area (Å²) in [7, 11) is -3.38. The minimum atomic E-state index is -3.38. The average Bonchev–Trinajstić information content (AvgIpc) is 2.74. The Bertz CT molecular complexity index is 1470. The second-order valence-electron chi connectivity index (χ2n) is 7.12. The molecule has 0 bridgehead atoms. The summed E-state index contributed by atoms with van der Waals surface area (Å²) in [5.41, 5.74) is 1.79. The first-order chi connectivity index (χ1) is 14.7. The first-order valence-electron chi connectivity index (χ1n) is 9.44. The lowest BCUT2D eigenvalue weighted by atomic mass is 10.1. The zero-order chi connectivity index (χ0) is 22.2. The maximum absolute atomic E-state index is 12.9. The molecule has 8 heteroatoms. The average molecular weight is 433 g/mol. The van der Waals surface area contributed by atoms with Gasteiger partial charge in [-0.2, -0.15) is 0 Å². The third-order valence-corrected chi connectivity index (χ3v) is 5.96. The molecule has 0 fully saturated rings. The van der Waals surface area contributed by atoms with Gasteiger partial charge >= 0.3 is 0 Å². The Hall–Kier alpha value is -3.78. The molecule has 4 aromatic rings. The van der Waals surface area contributed by atoms with Crippen molar-refractivity contribution in [3.05, 3.63) is 94.5 Å². The van der Waals surface area contributed by atoms with Crippen molar-refractivity contribution in [2.24, 2.45) is 0 Å². The Morgan fingerprint density at radius 3 is 2.39 bits per heavy atom. The van der Waals surface area contributed by atoms with Gasteiger partial charge in [0.15, 0.2) is 9.84 Å². The fourth-order valence-corrected chi connectivity index (χ4v) is 3.98. The first-order valence-corrected chi connectivity index (χ1v) is 11.3. The van der Waals surface area contributed by atoms with Crippen molar-refractivity contribution >= 4 is 32.3 Å². The van der Waals surface area contributed by atoms with Crippen molar-refractivity contribution in [1.29, 1.82) is 0 Å². The van der Waals surface area contributed by atoms with Gasteiger partial charge in [-0.15, -0.1) is 0 Å². The number of nitrogens with zero attached hydrogens (tertiary/aromatic N) is 2. The third kappa shape index (κ3) is 4.10. The van der Waals surface area contributed by atoms with Crippen molar-refractivity contribution < 1.29 is 13.2 Å². The molecule has 0 atom stereocenters. The van der Waals surface area contributed by atoms with Gasteiger partial charge in [0.25, 0.3) is 11.5 Å². The lowest BCUT2D eigenvalue weighted by Gasteiger charge is -2.12. The van der Waals surface area contributed by atoms with Crippen LogP contribution in [0.2, 0.25) is 0 Å². The molecule has 4 rings (SSSR count). The highest BCUT2D eigenvalue weighted by molar-refractivity contribution is 7.90. The standard InChI is InChI=1S/C23H19N3O4S/c1-15-24-21-9-4-3-8-20(21)23(28)26(15)18-12-10-16(11-13-18)22(27)25-17-6-5-7-19(14-17)31(2,29)30/h3-14H,1-2H3,(H,25,27).